The molecule has 1 heterocycles. The molecule has 8 nitrogen and oxygen atoms in total. The van der Waals surface area contributed by atoms with Gasteiger partial charge in [0, 0.05) is 11.1 Å². The quantitative estimate of drug-likeness (QED) is 0.519. The minimum absolute atomic E-state index is 0.337. The first-order valence-corrected chi connectivity index (χ1v) is 7.09. The number of hydrogen-bond acceptors (Lipinski definition) is 5. The molecule has 1 rings (SSSR count). The van der Waals surface area contributed by atoms with Crippen LogP contribution in [0.25, 0.3) is 0 Å². The summed E-state index contributed by atoms with van der Waals surface area (Å²) in [6.07, 6.45) is 0.0780. The third-order valence-corrected chi connectivity index (χ3v) is 3.54. The zero-order chi connectivity index (χ0) is 14.2. The first kappa shape index (κ1) is 16.0. The van der Waals surface area contributed by atoms with Crippen LogP contribution in [0.1, 0.15) is 40.5 Å². The van der Waals surface area contributed by atoms with Crippen LogP contribution in [-0.2, 0) is 19.2 Å². The van der Waals surface area contributed by atoms with E-state index in [1.165, 1.54) is 10.7 Å². The second-order valence-corrected chi connectivity index (χ2v) is 6.91. The normalized spacial score (nSPS) is 25.3. The maximum atomic E-state index is 10.9. The lowest BCUT2D eigenvalue weighted by atomic mass is 9.80. The van der Waals surface area contributed by atoms with E-state index < -0.39 is 25.0 Å². The van der Waals surface area contributed by atoms with Crippen LogP contribution >= 0.6 is 7.82 Å². The highest BCUT2D eigenvalue weighted by Gasteiger charge is 2.48. The summed E-state index contributed by atoms with van der Waals surface area (Å²) >= 11 is 0. The van der Waals surface area contributed by atoms with E-state index in [-0.39, 0.29) is 0 Å². The molecule has 0 bridgehead atoms. The summed E-state index contributed by atoms with van der Waals surface area (Å²) in [5.74, 6) is 0. The van der Waals surface area contributed by atoms with E-state index in [0.29, 0.717) is 12.8 Å². The van der Waals surface area contributed by atoms with Crippen LogP contribution in [0.2, 0.25) is 0 Å². The summed E-state index contributed by atoms with van der Waals surface area (Å²) in [6, 6.07) is 0. The summed E-state index contributed by atoms with van der Waals surface area (Å²) in [4.78, 5) is 22.6. The summed E-state index contributed by atoms with van der Waals surface area (Å²) in [5, 5.41) is 11.9. The van der Waals surface area contributed by atoms with Gasteiger partial charge < -0.3 is 9.79 Å². The number of nitrogens with zero attached hydrogens (tertiary/aromatic N) is 1. The predicted molar refractivity (Wildman–Crippen MR) is 61.1 cm³/mol. The van der Waals surface area contributed by atoms with Gasteiger partial charge in [-0.25, -0.2) is 4.57 Å². The number of nitrogens with one attached hydrogen (secondary N) is 1. The van der Waals surface area contributed by atoms with Crippen LogP contribution in [0.4, 0.5) is 0 Å². The van der Waals surface area contributed by atoms with E-state index in [1.54, 1.807) is 27.7 Å². The molecule has 0 amide bonds. The first-order chi connectivity index (χ1) is 7.98. The van der Waals surface area contributed by atoms with Crippen LogP contribution in [0.15, 0.2) is 0 Å². The maximum absolute atomic E-state index is 10.9. The van der Waals surface area contributed by atoms with Gasteiger partial charge in [0.25, 0.3) is 0 Å². The maximum Gasteiger partial charge on any atom is 0.469 e. The third-order valence-electron chi connectivity index (χ3n) is 2.97. The molecule has 1 radical (unpaired) electrons. The molecule has 3 N–H and O–H groups in total. The van der Waals surface area contributed by atoms with E-state index in [2.05, 4.69) is 0 Å². The molecule has 0 spiro atoms. The first-order valence-electron chi connectivity index (χ1n) is 5.56. The van der Waals surface area contributed by atoms with E-state index in [9.17, 15) is 9.77 Å². The van der Waals surface area contributed by atoms with Crippen molar-refractivity contribution in [2.24, 2.45) is 0 Å². The lowest BCUT2D eigenvalue weighted by molar-refractivity contribution is -0.380. The zero-order valence-electron chi connectivity index (χ0n) is 10.9. The van der Waals surface area contributed by atoms with Gasteiger partial charge in [-0.05, 0) is 46.2 Å². The van der Waals surface area contributed by atoms with Crippen molar-refractivity contribution in [1.82, 2.24) is 10.7 Å². The minimum atomic E-state index is -4.52. The van der Waals surface area contributed by atoms with E-state index in [4.69, 9.17) is 19.2 Å². The fraction of sp³-hybridized carbons (Fsp3) is 1.00. The lowest BCUT2D eigenvalue weighted by Crippen LogP contribution is -2.62. The third kappa shape index (κ3) is 3.97. The number of hydrogen-bond donors (Lipinski definition) is 3. The predicted octanol–water partition coefficient (Wildman–Crippen LogP) is 0.899. The molecule has 0 aromatic rings. The molecule has 0 atom stereocenters. The topological polar surface area (TPSA) is 111 Å². The van der Waals surface area contributed by atoms with Crippen molar-refractivity contribution in [3.63, 3.8) is 0 Å². The van der Waals surface area contributed by atoms with Gasteiger partial charge in [0.15, 0.2) is 0 Å². The molecule has 0 aromatic heterocycles. The Kier molecular flexibility index (Phi) is 4.58. The molecule has 0 aromatic carbocycles. The Labute approximate surface area is 106 Å². The highest BCUT2D eigenvalue weighted by Crippen LogP contribution is 2.46. The monoisotopic (exact) mass is 283 g/mol. The molecular weight excluding hydrogens is 263 g/mol. The van der Waals surface area contributed by atoms with Crippen molar-refractivity contribution in [3.8, 4) is 0 Å². The van der Waals surface area contributed by atoms with Crippen LogP contribution in [-0.4, -0.2) is 32.0 Å². The van der Waals surface area contributed by atoms with Gasteiger partial charge in [-0.15, -0.1) is 0 Å². The molecule has 0 saturated carbocycles. The molecule has 0 aliphatic carbocycles. The Morgan fingerprint density at radius 3 is 2.00 bits per heavy atom. The Bertz CT molecular complexity index is 324. The molecule has 9 heteroatoms. The standard InChI is InChI=1S/C9H20N2O6P/c1-8(2)5-7(16-18(13,14)15)6-9(3,4)11(8)17-10-12/h7,10H,5-6H2,1-4H3,(H2,13,14,15). The largest absolute Gasteiger partial charge is 0.469 e. The Hall–Kier alpha value is -0.0500. The number of phosphoric ester groups is 1. The van der Waals surface area contributed by atoms with Gasteiger partial charge >= 0.3 is 7.82 Å². The summed E-state index contributed by atoms with van der Waals surface area (Å²) in [7, 11) is -4.52. The van der Waals surface area contributed by atoms with Gasteiger partial charge in [0.1, 0.15) is 0 Å². The average molecular weight is 283 g/mol. The molecule has 107 valence electrons. The Morgan fingerprint density at radius 2 is 1.67 bits per heavy atom. The number of rotatable bonds is 4. The van der Waals surface area contributed by atoms with Crippen LogP contribution in [0, 0.1) is 0 Å². The fourth-order valence-corrected chi connectivity index (χ4v) is 3.26. The number of phosphoric acid groups is 1. The highest BCUT2D eigenvalue weighted by molar-refractivity contribution is 7.46. The van der Waals surface area contributed by atoms with E-state index in [1.807, 2.05) is 0 Å². The van der Waals surface area contributed by atoms with E-state index >= 15 is 0 Å². The van der Waals surface area contributed by atoms with Gasteiger partial charge in [0.05, 0.1) is 6.10 Å². The SMILES string of the molecule is CC1(C)CC(OP(=O)(O)O)CC(C)(C)N1ON[O]. The Morgan fingerprint density at radius 1 is 1.22 bits per heavy atom. The summed E-state index contributed by atoms with van der Waals surface area (Å²) < 4.78 is 15.7. The van der Waals surface area contributed by atoms with E-state index in [0.717, 1.165) is 0 Å². The fourth-order valence-electron chi connectivity index (χ4n) is 2.72. The van der Waals surface area contributed by atoms with Gasteiger partial charge in [-0.2, -0.15) is 10.0 Å². The Balaban J connectivity index is 2.87. The smallest absolute Gasteiger partial charge is 0.303 e. The van der Waals surface area contributed by atoms with Crippen molar-refractivity contribution in [1.29, 1.82) is 0 Å². The molecule has 18 heavy (non-hydrogen) atoms. The highest BCUT2D eigenvalue weighted by atomic mass is 31.2. The van der Waals surface area contributed by atoms with Crippen LogP contribution in [0.5, 0.6) is 0 Å². The van der Waals surface area contributed by atoms with Gasteiger partial charge in [-0.3, -0.25) is 4.52 Å². The average Bonchev–Trinajstić information content (AvgIpc) is 2.06. The minimum Gasteiger partial charge on any atom is -0.303 e. The second kappa shape index (κ2) is 5.15. The van der Waals surface area contributed by atoms with Crippen molar-refractivity contribution >= 4 is 7.82 Å². The summed E-state index contributed by atoms with van der Waals surface area (Å²) in [5.41, 5.74) is 0.197. The molecular formula is C9H20N2O6P. The van der Waals surface area contributed by atoms with Gasteiger partial charge in [-0.1, -0.05) is 5.21 Å². The lowest BCUT2D eigenvalue weighted by Gasteiger charge is -2.52. The van der Waals surface area contributed by atoms with Crippen LogP contribution in [0.3, 0.4) is 0 Å². The molecule has 1 saturated heterocycles. The molecule has 1 aliphatic heterocycles. The number of hydroxylamine groups is 2. The molecule has 0 unspecified atom stereocenters. The van der Waals surface area contributed by atoms with Crippen molar-refractivity contribution < 1.29 is 29.0 Å². The van der Waals surface area contributed by atoms with Crippen molar-refractivity contribution in [2.75, 3.05) is 0 Å². The second-order valence-electron chi connectivity index (χ2n) is 5.72. The summed E-state index contributed by atoms with van der Waals surface area (Å²) in [6.45, 7) is 7.23. The zero-order valence-corrected chi connectivity index (χ0v) is 11.8. The van der Waals surface area contributed by atoms with Crippen molar-refractivity contribution in [2.45, 2.75) is 57.7 Å². The van der Waals surface area contributed by atoms with Crippen LogP contribution < -0.4 is 5.64 Å². The molecule has 1 aliphatic rings. The van der Waals surface area contributed by atoms with Gasteiger partial charge in [0.2, 0.25) is 0 Å². The number of piperidine rings is 1. The van der Waals surface area contributed by atoms with Crippen molar-refractivity contribution in [3.05, 3.63) is 0 Å². The molecule has 1 fully saturated rings.